The molecule has 0 aromatic carbocycles. The van der Waals surface area contributed by atoms with E-state index in [1.807, 2.05) is 31.1 Å². The Morgan fingerprint density at radius 3 is 2.64 bits per heavy atom. The Balaban J connectivity index is 1.92. The molecule has 2 heterocycles. The summed E-state index contributed by atoms with van der Waals surface area (Å²) < 4.78 is 0. The Bertz CT molecular complexity index is 563. The minimum Gasteiger partial charge on any atom is -0.363 e. The van der Waals surface area contributed by atoms with E-state index in [1.165, 1.54) is 6.08 Å². The van der Waals surface area contributed by atoms with E-state index in [4.69, 9.17) is 0 Å². The van der Waals surface area contributed by atoms with Crippen LogP contribution in [0.5, 0.6) is 0 Å². The largest absolute Gasteiger partial charge is 0.363 e. The zero-order chi connectivity index (χ0) is 16.1. The van der Waals surface area contributed by atoms with E-state index in [9.17, 15) is 9.59 Å². The molecule has 118 valence electrons. The first-order valence-corrected chi connectivity index (χ1v) is 7.38. The number of rotatable bonds is 4. The minimum absolute atomic E-state index is 0.0332. The van der Waals surface area contributed by atoms with Crippen LogP contribution in [0.3, 0.4) is 0 Å². The number of hydrogen-bond acceptors (Lipinski definition) is 4. The van der Waals surface area contributed by atoms with Crippen molar-refractivity contribution < 1.29 is 9.59 Å². The molecule has 22 heavy (non-hydrogen) atoms. The van der Waals surface area contributed by atoms with Gasteiger partial charge in [-0.05, 0) is 31.1 Å². The van der Waals surface area contributed by atoms with Gasteiger partial charge in [0.25, 0.3) is 0 Å². The number of amides is 2. The van der Waals surface area contributed by atoms with Gasteiger partial charge in [-0.15, -0.1) is 0 Å². The van der Waals surface area contributed by atoms with Gasteiger partial charge in [0.15, 0.2) is 0 Å². The quantitative estimate of drug-likeness (QED) is 0.856. The maximum absolute atomic E-state index is 12.3. The van der Waals surface area contributed by atoms with Gasteiger partial charge in [0.1, 0.15) is 11.6 Å². The van der Waals surface area contributed by atoms with Crippen molar-refractivity contribution in [2.75, 3.05) is 37.4 Å². The molecule has 0 unspecified atom stereocenters. The van der Waals surface area contributed by atoms with Crippen LogP contribution in [0.25, 0.3) is 0 Å². The number of nitrogens with one attached hydrogen (secondary N) is 1. The Morgan fingerprint density at radius 1 is 1.36 bits per heavy atom. The smallest absolute Gasteiger partial charge is 0.245 e. The Kier molecular flexibility index (Phi) is 5.14. The van der Waals surface area contributed by atoms with Crippen molar-refractivity contribution in [2.24, 2.45) is 5.92 Å². The van der Waals surface area contributed by atoms with Crippen molar-refractivity contribution in [3.05, 3.63) is 30.9 Å². The van der Waals surface area contributed by atoms with Gasteiger partial charge in [-0.2, -0.15) is 0 Å². The van der Waals surface area contributed by atoms with Gasteiger partial charge >= 0.3 is 0 Å². The van der Waals surface area contributed by atoms with Gasteiger partial charge in [0.2, 0.25) is 11.8 Å². The molecule has 1 aromatic heterocycles. The van der Waals surface area contributed by atoms with E-state index < -0.39 is 0 Å². The molecule has 1 saturated heterocycles. The fourth-order valence-electron chi connectivity index (χ4n) is 2.46. The third kappa shape index (κ3) is 3.84. The average Bonchev–Trinajstić information content (AvgIpc) is 2.54. The van der Waals surface area contributed by atoms with Crippen LogP contribution >= 0.6 is 0 Å². The zero-order valence-corrected chi connectivity index (χ0v) is 13.1. The number of carbonyl (C=O) groups is 2. The van der Waals surface area contributed by atoms with E-state index >= 15 is 0 Å². The summed E-state index contributed by atoms with van der Waals surface area (Å²) in [5, 5.41) is 2.86. The van der Waals surface area contributed by atoms with Crippen LogP contribution in [0, 0.1) is 5.92 Å². The van der Waals surface area contributed by atoms with E-state index in [-0.39, 0.29) is 17.7 Å². The Labute approximate surface area is 130 Å². The molecule has 0 atom stereocenters. The first kappa shape index (κ1) is 16.0. The highest BCUT2D eigenvalue weighted by atomic mass is 16.2. The highest BCUT2D eigenvalue weighted by Gasteiger charge is 2.26. The van der Waals surface area contributed by atoms with Crippen molar-refractivity contribution in [2.45, 2.75) is 12.8 Å². The summed E-state index contributed by atoms with van der Waals surface area (Å²) in [6, 6.07) is 5.53. The summed E-state index contributed by atoms with van der Waals surface area (Å²) in [5.74, 6) is 1.16. The van der Waals surface area contributed by atoms with Crippen LogP contribution in [0.1, 0.15) is 12.8 Å². The van der Waals surface area contributed by atoms with E-state index in [0.717, 1.165) is 5.82 Å². The summed E-state index contributed by atoms with van der Waals surface area (Å²) in [5.41, 5.74) is 0. The van der Waals surface area contributed by atoms with Gasteiger partial charge in [0, 0.05) is 33.1 Å². The topological polar surface area (TPSA) is 65.5 Å². The van der Waals surface area contributed by atoms with Gasteiger partial charge < -0.3 is 15.1 Å². The van der Waals surface area contributed by atoms with Crippen LogP contribution in [0.4, 0.5) is 11.6 Å². The number of piperidine rings is 1. The second-order valence-electron chi connectivity index (χ2n) is 5.57. The van der Waals surface area contributed by atoms with E-state index in [2.05, 4.69) is 16.9 Å². The summed E-state index contributed by atoms with van der Waals surface area (Å²) >= 11 is 0. The highest BCUT2D eigenvalue weighted by Crippen LogP contribution is 2.20. The predicted octanol–water partition coefficient (Wildman–Crippen LogP) is 1.51. The van der Waals surface area contributed by atoms with Gasteiger partial charge in [-0.1, -0.05) is 12.6 Å². The lowest BCUT2D eigenvalue weighted by molar-refractivity contribution is -0.130. The fraction of sp³-hybridized carbons (Fsp3) is 0.438. The predicted molar refractivity (Wildman–Crippen MR) is 86.7 cm³/mol. The number of likely N-dealkylation sites (tertiary alicyclic amines) is 1. The molecule has 1 aromatic rings. The Hall–Kier alpha value is -2.37. The number of nitrogens with zero attached hydrogens (tertiary/aromatic N) is 3. The Morgan fingerprint density at radius 2 is 2.05 bits per heavy atom. The number of pyridine rings is 1. The third-order valence-electron chi connectivity index (χ3n) is 3.80. The molecular formula is C16H22N4O2. The fourth-order valence-corrected chi connectivity index (χ4v) is 2.46. The molecule has 0 bridgehead atoms. The molecule has 0 aliphatic carbocycles. The maximum atomic E-state index is 12.3. The molecule has 1 aliphatic rings. The molecule has 2 rings (SSSR count). The summed E-state index contributed by atoms with van der Waals surface area (Å²) in [6.45, 7) is 4.67. The molecule has 2 amide bonds. The number of hydrogen-bond donors (Lipinski definition) is 1. The molecule has 6 heteroatoms. The van der Waals surface area contributed by atoms with Gasteiger partial charge in [0.05, 0.1) is 0 Å². The normalized spacial score (nSPS) is 15.3. The SMILES string of the molecule is C=CC(=O)N1CCC(C(=O)Nc2cccc(N(C)C)n2)CC1. The zero-order valence-electron chi connectivity index (χ0n) is 13.1. The average molecular weight is 302 g/mol. The van der Waals surface area contributed by atoms with Crippen molar-refractivity contribution >= 4 is 23.5 Å². The summed E-state index contributed by atoms with van der Waals surface area (Å²) in [6.07, 6.45) is 2.65. The van der Waals surface area contributed by atoms with Crippen LogP contribution in [0.15, 0.2) is 30.9 Å². The first-order chi connectivity index (χ1) is 10.5. The number of carbonyl (C=O) groups excluding carboxylic acids is 2. The number of anilines is 2. The van der Waals surface area contributed by atoms with Crippen molar-refractivity contribution in [3.63, 3.8) is 0 Å². The molecule has 1 N–H and O–H groups in total. The number of aromatic nitrogens is 1. The molecule has 0 spiro atoms. The summed E-state index contributed by atoms with van der Waals surface area (Å²) in [7, 11) is 3.81. The van der Waals surface area contributed by atoms with Crippen LogP contribution < -0.4 is 10.2 Å². The van der Waals surface area contributed by atoms with E-state index in [1.54, 1.807) is 11.0 Å². The lowest BCUT2D eigenvalue weighted by atomic mass is 9.96. The lowest BCUT2D eigenvalue weighted by Gasteiger charge is -2.30. The standard InChI is InChI=1S/C16H22N4O2/c1-4-15(21)20-10-8-12(9-11-20)16(22)18-13-6-5-7-14(17-13)19(2)3/h4-7,12H,1,8-11H2,2-3H3,(H,17,18,22). The van der Waals surface area contributed by atoms with Crippen LogP contribution in [0.2, 0.25) is 0 Å². The molecule has 0 radical (unpaired) electrons. The maximum Gasteiger partial charge on any atom is 0.245 e. The van der Waals surface area contributed by atoms with Crippen LogP contribution in [-0.2, 0) is 9.59 Å². The first-order valence-electron chi connectivity index (χ1n) is 7.38. The van der Waals surface area contributed by atoms with E-state index in [0.29, 0.717) is 31.7 Å². The molecule has 6 nitrogen and oxygen atoms in total. The molecule has 1 fully saturated rings. The second kappa shape index (κ2) is 7.06. The molecular weight excluding hydrogens is 280 g/mol. The summed E-state index contributed by atoms with van der Waals surface area (Å²) in [4.78, 5) is 31.8. The van der Waals surface area contributed by atoms with Gasteiger partial charge in [-0.25, -0.2) is 4.98 Å². The molecule has 1 aliphatic heterocycles. The van der Waals surface area contributed by atoms with Crippen LogP contribution in [-0.4, -0.2) is 48.9 Å². The van der Waals surface area contributed by atoms with Crippen molar-refractivity contribution in [3.8, 4) is 0 Å². The minimum atomic E-state index is -0.0846. The highest BCUT2D eigenvalue weighted by molar-refractivity contribution is 5.92. The molecule has 0 saturated carbocycles. The third-order valence-corrected chi connectivity index (χ3v) is 3.80. The van der Waals surface area contributed by atoms with Crippen molar-refractivity contribution in [1.82, 2.24) is 9.88 Å². The lowest BCUT2D eigenvalue weighted by Crippen LogP contribution is -2.40. The van der Waals surface area contributed by atoms with Gasteiger partial charge in [-0.3, -0.25) is 9.59 Å². The second-order valence-corrected chi connectivity index (χ2v) is 5.57. The monoisotopic (exact) mass is 302 g/mol. The van der Waals surface area contributed by atoms with Crippen molar-refractivity contribution in [1.29, 1.82) is 0 Å².